The van der Waals surface area contributed by atoms with Crippen LogP contribution in [0.3, 0.4) is 0 Å². The quantitative estimate of drug-likeness (QED) is 0.537. The Morgan fingerprint density at radius 2 is 2.14 bits per heavy atom. The molecule has 4 rings (SSSR count). The third kappa shape index (κ3) is 2.16. The van der Waals surface area contributed by atoms with Crippen LogP contribution in [0.4, 0.5) is 17.3 Å². The van der Waals surface area contributed by atoms with Gasteiger partial charge in [0.05, 0.1) is 24.4 Å². The Hall–Kier alpha value is -3.28. The number of aromatic nitrogens is 3. The van der Waals surface area contributed by atoms with Crippen molar-refractivity contribution in [3.05, 3.63) is 55.3 Å². The van der Waals surface area contributed by atoms with E-state index in [4.69, 9.17) is 10.2 Å². The Morgan fingerprint density at radius 3 is 3.00 bits per heavy atom. The number of nitrogens with zero attached hydrogens (tertiary/aromatic N) is 2. The largest absolute Gasteiger partial charge is 0.472 e. The number of H-pyrrole nitrogens is 1. The van der Waals surface area contributed by atoms with Crippen LogP contribution in [-0.2, 0) is 0 Å². The molecule has 0 spiro atoms. The molecule has 22 heavy (non-hydrogen) atoms. The Bertz CT molecular complexity index is 927. The van der Waals surface area contributed by atoms with Crippen molar-refractivity contribution in [2.24, 2.45) is 0 Å². The van der Waals surface area contributed by atoms with Crippen molar-refractivity contribution in [1.29, 1.82) is 0 Å². The predicted molar refractivity (Wildman–Crippen MR) is 85.7 cm³/mol. The molecule has 0 aliphatic carbocycles. The Kier molecular flexibility index (Phi) is 2.79. The second-order valence-corrected chi connectivity index (χ2v) is 4.91. The minimum Gasteiger partial charge on any atom is -0.472 e. The second kappa shape index (κ2) is 4.92. The number of anilines is 3. The molecule has 0 aliphatic heterocycles. The van der Waals surface area contributed by atoms with Gasteiger partial charge in [0, 0.05) is 28.4 Å². The number of hydrogen-bond acceptors (Lipinski definition) is 5. The van der Waals surface area contributed by atoms with E-state index >= 15 is 0 Å². The molecule has 0 fully saturated rings. The lowest BCUT2D eigenvalue weighted by Crippen LogP contribution is -2.02. The first-order valence-electron chi connectivity index (χ1n) is 6.79. The fourth-order valence-electron chi connectivity index (χ4n) is 2.31. The van der Waals surface area contributed by atoms with Gasteiger partial charge in [0.15, 0.2) is 11.6 Å². The number of nitrogen functional groups attached to an aromatic ring is 1. The molecule has 1 aromatic carbocycles. The Morgan fingerprint density at radius 1 is 1.18 bits per heavy atom. The van der Waals surface area contributed by atoms with Crippen molar-refractivity contribution in [3.8, 4) is 11.3 Å². The first-order valence-corrected chi connectivity index (χ1v) is 6.79. The van der Waals surface area contributed by atoms with Crippen LogP contribution in [0.2, 0.25) is 0 Å². The molecule has 6 nitrogen and oxygen atoms in total. The lowest BCUT2D eigenvalue weighted by molar-refractivity contribution is 0.568. The molecular formula is C16H13N5O. The standard InChI is InChI=1S/C16H13N5O/c17-15-16(21-14(8-19-15)11-4-6-22-9-11)20-12-1-2-13-10(7-12)3-5-18-13/h1-9,18H,(H2,17,19)(H,20,21). The minimum atomic E-state index is 0.349. The first kappa shape index (κ1) is 12.5. The maximum atomic E-state index is 5.92. The van der Waals surface area contributed by atoms with Gasteiger partial charge in [-0.05, 0) is 30.3 Å². The first-order chi connectivity index (χ1) is 10.8. The molecule has 0 saturated carbocycles. The number of nitrogens with two attached hydrogens (primary N) is 1. The van der Waals surface area contributed by atoms with Crippen LogP contribution in [0.15, 0.2) is 59.7 Å². The third-order valence-electron chi connectivity index (χ3n) is 3.43. The number of rotatable bonds is 3. The molecule has 3 aromatic heterocycles. The zero-order chi connectivity index (χ0) is 14.9. The summed E-state index contributed by atoms with van der Waals surface area (Å²) in [6.45, 7) is 0. The zero-order valence-corrected chi connectivity index (χ0v) is 11.6. The molecule has 108 valence electrons. The van der Waals surface area contributed by atoms with Crippen LogP contribution in [-0.4, -0.2) is 15.0 Å². The van der Waals surface area contributed by atoms with E-state index in [0.717, 1.165) is 22.2 Å². The summed E-state index contributed by atoms with van der Waals surface area (Å²) in [7, 11) is 0. The molecule has 0 atom stereocenters. The number of furan rings is 1. The summed E-state index contributed by atoms with van der Waals surface area (Å²) < 4.78 is 5.07. The van der Waals surface area contributed by atoms with Gasteiger partial charge < -0.3 is 20.5 Å². The molecule has 0 aliphatic rings. The fourth-order valence-corrected chi connectivity index (χ4v) is 2.31. The Balaban J connectivity index is 1.70. The van der Waals surface area contributed by atoms with Crippen molar-refractivity contribution >= 4 is 28.2 Å². The maximum Gasteiger partial charge on any atom is 0.173 e. The summed E-state index contributed by atoms with van der Waals surface area (Å²) in [5.74, 6) is 0.870. The SMILES string of the molecule is Nc1ncc(-c2ccoc2)nc1Nc1ccc2[nH]ccc2c1. The molecule has 3 heterocycles. The lowest BCUT2D eigenvalue weighted by Gasteiger charge is -2.09. The van der Waals surface area contributed by atoms with Crippen LogP contribution in [0.25, 0.3) is 22.2 Å². The van der Waals surface area contributed by atoms with Gasteiger partial charge in [0.25, 0.3) is 0 Å². The van der Waals surface area contributed by atoms with Crippen LogP contribution in [0.5, 0.6) is 0 Å². The highest BCUT2D eigenvalue weighted by Crippen LogP contribution is 2.25. The summed E-state index contributed by atoms with van der Waals surface area (Å²) in [6, 6.07) is 9.83. The maximum absolute atomic E-state index is 5.92. The van der Waals surface area contributed by atoms with E-state index in [1.54, 1.807) is 18.7 Å². The van der Waals surface area contributed by atoms with E-state index < -0.39 is 0 Å². The van der Waals surface area contributed by atoms with E-state index in [2.05, 4.69) is 20.3 Å². The summed E-state index contributed by atoms with van der Waals surface area (Å²) in [5, 5.41) is 4.33. The van der Waals surface area contributed by atoms with Gasteiger partial charge in [-0.2, -0.15) is 0 Å². The number of benzene rings is 1. The van der Waals surface area contributed by atoms with Crippen LogP contribution in [0.1, 0.15) is 0 Å². The number of fused-ring (bicyclic) bond motifs is 1. The second-order valence-electron chi connectivity index (χ2n) is 4.91. The molecule has 0 amide bonds. The monoisotopic (exact) mass is 291 g/mol. The van der Waals surface area contributed by atoms with Crippen molar-refractivity contribution in [1.82, 2.24) is 15.0 Å². The smallest absolute Gasteiger partial charge is 0.173 e. The summed E-state index contributed by atoms with van der Waals surface area (Å²) >= 11 is 0. The van der Waals surface area contributed by atoms with Crippen molar-refractivity contribution in [2.75, 3.05) is 11.1 Å². The van der Waals surface area contributed by atoms with Gasteiger partial charge in [-0.15, -0.1) is 0 Å². The Labute approximate surface area is 126 Å². The van der Waals surface area contributed by atoms with Crippen LogP contribution < -0.4 is 11.1 Å². The predicted octanol–water partition coefficient (Wildman–Crippen LogP) is 3.54. The van der Waals surface area contributed by atoms with Gasteiger partial charge in [-0.1, -0.05) is 0 Å². The number of hydrogen-bond donors (Lipinski definition) is 3. The molecule has 0 saturated heterocycles. The van der Waals surface area contributed by atoms with Gasteiger partial charge >= 0.3 is 0 Å². The number of aromatic amines is 1. The third-order valence-corrected chi connectivity index (χ3v) is 3.43. The number of nitrogens with one attached hydrogen (secondary N) is 2. The van der Waals surface area contributed by atoms with E-state index in [-0.39, 0.29) is 0 Å². The average molecular weight is 291 g/mol. The molecule has 0 unspecified atom stereocenters. The highest BCUT2D eigenvalue weighted by molar-refractivity contribution is 5.84. The van der Waals surface area contributed by atoms with E-state index in [9.17, 15) is 0 Å². The summed E-state index contributed by atoms with van der Waals surface area (Å²) in [5.41, 5.74) is 9.46. The zero-order valence-electron chi connectivity index (χ0n) is 11.6. The van der Waals surface area contributed by atoms with Gasteiger partial charge in [0.2, 0.25) is 0 Å². The molecular weight excluding hydrogens is 278 g/mol. The summed E-state index contributed by atoms with van der Waals surface area (Å²) in [6.07, 6.45) is 6.75. The average Bonchev–Trinajstić information content (AvgIpc) is 3.19. The topological polar surface area (TPSA) is 92.8 Å². The molecule has 4 N–H and O–H groups in total. The molecule has 0 bridgehead atoms. The van der Waals surface area contributed by atoms with Crippen molar-refractivity contribution in [3.63, 3.8) is 0 Å². The van der Waals surface area contributed by atoms with E-state index in [1.165, 1.54) is 0 Å². The van der Waals surface area contributed by atoms with Crippen LogP contribution in [0, 0.1) is 0 Å². The normalized spacial score (nSPS) is 10.9. The van der Waals surface area contributed by atoms with Crippen molar-refractivity contribution in [2.45, 2.75) is 0 Å². The minimum absolute atomic E-state index is 0.349. The van der Waals surface area contributed by atoms with E-state index in [0.29, 0.717) is 17.3 Å². The van der Waals surface area contributed by atoms with Gasteiger partial charge in [-0.25, -0.2) is 9.97 Å². The highest BCUT2D eigenvalue weighted by Gasteiger charge is 2.08. The van der Waals surface area contributed by atoms with Gasteiger partial charge in [0.1, 0.15) is 0 Å². The fraction of sp³-hybridized carbons (Fsp3) is 0. The van der Waals surface area contributed by atoms with Gasteiger partial charge in [-0.3, -0.25) is 0 Å². The molecule has 4 aromatic rings. The van der Waals surface area contributed by atoms with E-state index in [1.807, 2.05) is 36.5 Å². The lowest BCUT2D eigenvalue weighted by atomic mass is 10.2. The summed E-state index contributed by atoms with van der Waals surface area (Å²) in [4.78, 5) is 11.9. The molecule has 6 heteroatoms. The molecule has 0 radical (unpaired) electrons. The highest BCUT2D eigenvalue weighted by atomic mass is 16.3. The van der Waals surface area contributed by atoms with Crippen LogP contribution >= 0.6 is 0 Å². The van der Waals surface area contributed by atoms with Crippen molar-refractivity contribution < 1.29 is 4.42 Å².